The second kappa shape index (κ2) is 428. The van der Waals surface area contributed by atoms with Crippen LogP contribution in [0.1, 0.15) is 104 Å². The number of nitrogens with zero attached hydrogens (tertiary/aromatic N) is 1. The third kappa shape index (κ3) is 2500. The topological polar surface area (TPSA) is 49.1 Å². The van der Waals surface area contributed by atoms with Crippen LogP contribution in [-0.4, -0.2) is 11.1 Å². The van der Waals surface area contributed by atoms with Gasteiger partial charge in [-0.25, -0.2) is 0 Å². The van der Waals surface area contributed by atoms with Crippen LogP contribution < -0.4 is 0 Å². The minimum atomic E-state index is -0.500. The van der Waals surface area contributed by atoms with Gasteiger partial charge < -0.3 is 10.4 Å². The van der Waals surface area contributed by atoms with Crippen LogP contribution >= 0.6 is 0 Å². The molecule has 0 saturated heterocycles. The highest BCUT2D eigenvalue weighted by atomic mass is 16.8. The molecule has 0 amide bonds. The predicted molar refractivity (Wildman–Crippen MR) is 98.2 cm³/mol. The average molecular weight is 285 g/mol. The van der Waals surface area contributed by atoms with E-state index in [0.717, 1.165) is 6.21 Å². The summed E-state index contributed by atoms with van der Waals surface area (Å²) in [7, 11) is 0. The molecule has 19 heavy (non-hydrogen) atoms. The Bertz CT molecular complexity index is 52.7. The highest BCUT2D eigenvalue weighted by Gasteiger charge is 1.50. The Kier molecular flexibility index (Phi) is 1160. The second-order valence-corrected chi connectivity index (χ2v) is 0.544. The van der Waals surface area contributed by atoms with Crippen LogP contribution in [0.15, 0.2) is 0 Å². The van der Waals surface area contributed by atoms with Gasteiger partial charge in [-0.05, 0) is 0 Å². The minimum Gasteiger partial charge on any atom is -0.613 e. The lowest BCUT2D eigenvalue weighted by Crippen LogP contribution is -1.86. The quantitative estimate of drug-likeness (QED) is 0.267. The van der Waals surface area contributed by atoms with E-state index >= 15 is 0 Å². The Balaban J connectivity index is -0.0000000128. The van der Waals surface area contributed by atoms with Gasteiger partial charge in [-0.3, -0.25) is 0 Å². The van der Waals surface area contributed by atoms with Gasteiger partial charge in [0.2, 0.25) is 0 Å². The summed E-state index contributed by atoms with van der Waals surface area (Å²) in [5.74, 6) is 0. The summed E-state index contributed by atoms with van der Waals surface area (Å²) in [6.45, 7) is 29.4. The maximum atomic E-state index is 9.12. The molecular weight excluding hydrogens is 238 g/mol. The molecule has 0 fully saturated rings. The molecule has 0 atom stereocenters. The number of rotatable bonds is 0. The van der Waals surface area contributed by atoms with E-state index in [4.69, 9.17) is 10.4 Å². The van der Waals surface area contributed by atoms with Gasteiger partial charge in [-0.1, -0.05) is 96.9 Å². The van der Waals surface area contributed by atoms with Crippen molar-refractivity contribution in [1.29, 1.82) is 0 Å². The van der Waals surface area contributed by atoms with Gasteiger partial charge in [0, 0.05) is 6.92 Å². The summed E-state index contributed by atoms with van der Waals surface area (Å²) in [6.07, 6.45) is 0.889. The van der Waals surface area contributed by atoms with Crippen molar-refractivity contribution in [3.8, 4) is 0 Å². The lowest BCUT2D eigenvalue weighted by molar-refractivity contribution is -0.373. The first-order valence-corrected chi connectivity index (χ1v) is 8.20. The van der Waals surface area contributed by atoms with E-state index in [1.54, 1.807) is 0 Å². The Labute approximate surface area is 126 Å². The molecule has 0 bridgehead atoms. The normalized spacial score (nSPS) is 3.95. The van der Waals surface area contributed by atoms with E-state index in [0.29, 0.717) is 0 Å². The molecule has 128 valence electrons. The monoisotopic (exact) mass is 284 g/mol. The molecule has 0 radical (unpaired) electrons. The van der Waals surface area contributed by atoms with Crippen molar-refractivity contribution >= 4 is 6.21 Å². The first-order chi connectivity index (χ1) is 9.27. The Morgan fingerprint density at radius 3 is 0.526 bits per heavy atom. The molecule has 0 spiro atoms. The molecule has 0 aliphatic carbocycles. The first kappa shape index (κ1) is 51.7. The molecule has 0 rings (SSSR count). The van der Waals surface area contributed by atoms with Crippen molar-refractivity contribution in [2.75, 3.05) is 0 Å². The highest BCUT2D eigenvalue weighted by molar-refractivity contribution is 5.46. The molecular formula is C16H46NO2-. The van der Waals surface area contributed by atoms with Gasteiger partial charge in [0.25, 0.3) is 0 Å². The van der Waals surface area contributed by atoms with Crippen LogP contribution in [0.2, 0.25) is 0 Å². The summed E-state index contributed by atoms with van der Waals surface area (Å²) in [6, 6.07) is 0. The van der Waals surface area contributed by atoms with Gasteiger partial charge in [0.05, 0.1) is 0 Å². The lowest BCUT2D eigenvalue weighted by atomic mass is 10.9. The third-order valence-electron chi connectivity index (χ3n) is 0.211. The molecule has 0 heterocycles. The zero-order valence-corrected chi connectivity index (χ0v) is 16.8. The fourth-order valence-corrected chi connectivity index (χ4v) is 0. The van der Waals surface area contributed by atoms with Crippen LogP contribution in [0, 0.1) is 10.4 Å². The van der Waals surface area contributed by atoms with Crippen LogP contribution in [0.5, 0.6) is 0 Å². The summed E-state index contributed by atoms with van der Waals surface area (Å²) in [5, 5.41) is 18.2. The standard InChI is InChI=1S/C2H4NO2.7C2H6/c1-2-3(4)5;7*1-2/h2H,1H3;7*1-2H3/q-1;;;;;;;. The predicted octanol–water partition coefficient (Wildman–Crippen LogP) is 7.27. The van der Waals surface area contributed by atoms with E-state index < -0.39 is 4.90 Å². The van der Waals surface area contributed by atoms with Gasteiger partial charge >= 0.3 is 0 Å². The van der Waals surface area contributed by atoms with E-state index in [1.165, 1.54) is 6.92 Å². The number of hydrogen-bond acceptors (Lipinski definition) is 2. The minimum absolute atomic E-state index is 0.500. The molecule has 3 nitrogen and oxygen atoms in total. The van der Waals surface area contributed by atoms with E-state index in [9.17, 15) is 0 Å². The lowest BCUT2D eigenvalue weighted by Gasteiger charge is -1.97. The molecule has 3 heteroatoms. The summed E-state index contributed by atoms with van der Waals surface area (Å²) in [5.41, 5.74) is 0. The summed E-state index contributed by atoms with van der Waals surface area (Å²) < 4.78 is 0. The van der Waals surface area contributed by atoms with Crippen LogP contribution in [0.3, 0.4) is 0 Å². The maximum absolute atomic E-state index is 9.12. The first-order valence-electron chi connectivity index (χ1n) is 8.20. The molecule has 0 aromatic rings. The molecule has 0 N–H and O–H groups in total. The summed E-state index contributed by atoms with van der Waals surface area (Å²) in [4.78, 5) is -0.500. The van der Waals surface area contributed by atoms with Crippen molar-refractivity contribution in [2.45, 2.75) is 104 Å². The number of hydrogen-bond donors (Lipinski definition) is 0. The zero-order valence-electron chi connectivity index (χ0n) is 16.8. The third-order valence-corrected chi connectivity index (χ3v) is 0.211. The van der Waals surface area contributed by atoms with Gasteiger partial charge in [0.15, 0.2) is 6.21 Å². The molecule has 0 aliphatic rings. The largest absolute Gasteiger partial charge is 0.613 e. The maximum Gasteiger partial charge on any atom is 0.160 e. The van der Waals surface area contributed by atoms with E-state index in [2.05, 4.69) is 0 Å². The second-order valence-electron chi connectivity index (χ2n) is 0.544. The molecule has 0 aromatic heterocycles. The van der Waals surface area contributed by atoms with Crippen molar-refractivity contribution < 1.29 is 4.90 Å². The Morgan fingerprint density at radius 1 is 0.474 bits per heavy atom. The van der Waals surface area contributed by atoms with Gasteiger partial charge in [0.1, 0.15) is 0 Å². The van der Waals surface area contributed by atoms with E-state index in [-0.39, 0.29) is 0 Å². The Hall–Kier alpha value is -0.730. The van der Waals surface area contributed by atoms with Crippen LogP contribution in [0.25, 0.3) is 0 Å². The molecule has 0 saturated carbocycles. The van der Waals surface area contributed by atoms with E-state index in [1.807, 2.05) is 96.9 Å². The molecule has 0 aromatic carbocycles. The van der Waals surface area contributed by atoms with Gasteiger partial charge in [-0.15, -0.1) is 0 Å². The van der Waals surface area contributed by atoms with Crippen molar-refractivity contribution in [2.24, 2.45) is 0 Å². The molecule has 0 unspecified atom stereocenters. The van der Waals surface area contributed by atoms with Gasteiger partial charge in [-0.2, -0.15) is 4.90 Å². The zero-order chi connectivity index (χ0) is 18.3. The highest BCUT2D eigenvalue weighted by Crippen LogP contribution is 1.50. The molecule has 0 aliphatic heterocycles. The van der Waals surface area contributed by atoms with Crippen molar-refractivity contribution in [3.05, 3.63) is 10.4 Å². The fraction of sp³-hybridized carbons (Fsp3) is 0.938. The van der Waals surface area contributed by atoms with Crippen LogP contribution in [-0.2, 0) is 0 Å². The fourth-order valence-electron chi connectivity index (χ4n) is 0. The smallest absolute Gasteiger partial charge is 0.160 e. The average Bonchev–Trinajstić information content (AvgIpc) is 2.60. The SMILES string of the molecule is CC.CC.CC.CC.CC.CC.CC.CC=[N+]([O-])[O-]. The Morgan fingerprint density at radius 2 is 0.526 bits per heavy atom. The van der Waals surface area contributed by atoms with Crippen LogP contribution in [0.4, 0.5) is 0 Å². The summed E-state index contributed by atoms with van der Waals surface area (Å²) >= 11 is 0. The van der Waals surface area contributed by atoms with Crippen molar-refractivity contribution in [1.82, 2.24) is 0 Å². The van der Waals surface area contributed by atoms with Crippen molar-refractivity contribution in [3.63, 3.8) is 0 Å².